The summed E-state index contributed by atoms with van der Waals surface area (Å²) in [6.07, 6.45) is 5.81. The Hall–Kier alpha value is -2.97. The molecule has 1 unspecified atom stereocenters. The third-order valence-electron chi connectivity index (χ3n) is 6.61. The van der Waals surface area contributed by atoms with Gasteiger partial charge < -0.3 is 14.9 Å². The number of carboxylic acids is 1. The van der Waals surface area contributed by atoms with E-state index in [1.807, 2.05) is 0 Å². The number of benzene rings is 2. The minimum absolute atomic E-state index is 0.105. The smallest absolute Gasteiger partial charge is 0.353 e. The van der Waals surface area contributed by atoms with Crippen LogP contribution in [0.4, 0.5) is 17.1 Å². The van der Waals surface area contributed by atoms with Crippen LogP contribution in [0.1, 0.15) is 49.5 Å². The van der Waals surface area contributed by atoms with Crippen molar-refractivity contribution < 1.29 is 9.90 Å². The molecule has 0 saturated carbocycles. The third-order valence-corrected chi connectivity index (χ3v) is 7.61. The SMILES string of the molecule is CCCCC1CN(c2ccccc2)c2cc(N3CCCC3)c(-c3cc(C(=O)O)[nH]n3)cc2SN1. The highest BCUT2D eigenvalue weighted by molar-refractivity contribution is 7.97. The highest BCUT2D eigenvalue weighted by atomic mass is 32.2. The number of unbranched alkanes of at least 4 members (excludes halogenated alkanes) is 1. The van der Waals surface area contributed by atoms with E-state index in [4.69, 9.17) is 0 Å². The number of hydrogen-bond acceptors (Lipinski definition) is 6. The summed E-state index contributed by atoms with van der Waals surface area (Å²) < 4.78 is 3.70. The van der Waals surface area contributed by atoms with Gasteiger partial charge in [0.25, 0.3) is 0 Å². The zero-order valence-corrected chi connectivity index (χ0v) is 20.3. The number of nitrogens with zero attached hydrogens (tertiary/aromatic N) is 3. The number of nitrogens with one attached hydrogen (secondary N) is 2. The summed E-state index contributed by atoms with van der Waals surface area (Å²) in [6.45, 7) is 5.13. The molecule has 0 aliphatic carbocycles. The summed E-state index contributed by atoms with van der Waals surface area (Å²) in [7, 11) is 0. The number of hydrogen-bond donors (Lipinski definition) is 3. The van der Waals surface area contributed by atoms with Gasteiger partial charge in [-0.15, -0.1) is 0 Å². The van der Waals surface area contributed by atoms with Crippen LogP contribution in [-0.2, 0) is 0 Å². The third kappa shape index (κ3) is 4.65. The molecule has 2 aliphatic heterocycles. The van der Waals surface area contributed by atoms with Gasteiger partial charge in [0.15, 0.2) is 0 Å². The summed E-state index contributed by atoms with van der Waals surface area (Å²) in [6, 6.07) is 17.1. The van der Waals surface area contributed by atoms with Crippen molar-refractivity contribution in [2.75, 3.05) is 29.4 Å². The van der Waals surface area contributed by atoms with Gasteiger partial charge in [-0.1, -0.05) is 38.0 Å². The average Bonchev–Trinajstić information content (AvgIpc) is 3.54. The Labute approximate surface area is 204 Å². The first-order chi connectivity index (χ1) is 16.6. The van der Waals surface area contributed by atoms with E-state index in [0.29, 0.717) is 11.7 Å². The van der Waals surface area contributed by atoms with E-state index >= 15 is 0 Å². The molecule has 1 atom stereocenters. The molecule has 2 aliphatic rings. The van der Waals surface area contributed by atoms with Gasteiger partial charge in [-0.25, -0.2) is 4.79 Å². The van der Waals surface area contributed by atoms with Gasteiger partial charge in [0.1, 0.15) is 5.69 Å². The van der Waals surface area contributed by atoms with E-state index < -0.39 is 5.97 Å². The fraction of sp³-hybridized carbons (Fsp3) is 0.385. The molecule has 7 nitrogen and oxygen atoms in total. The number of carbonyl (C=O) groups is 1. The van der Waals surface area contributed by atoms with Gasteiger partial charge in [0.2, 0.25) is 0 Å². The van der Waals surface area contributed by atoms with Gasteiger partial charge in [-0.05, 0) is 61.5 Å². The van der Waals surface area contributed by atoms with Crippen LogP contribution in [0.15, 0.2) is 53.4 Å². The van der Waals surface area contributed by atoms with E-state index in [0.717, 1.165) is 55.0 Å². The van der Waals surface area contributed by atoms with Gasteiger partial charge in [0.05, 0.1) is 11.4 Å². The molecule has 0 radical (unpaired) electrons. The molecule has 2 aromatic carbocycles. The minimum atomic E-state index is -0.999. The maximum absolute atomic E-state index is 11.5. The molecule has 0 bridgehead atoms. The predicted octanol–water partition coefficient (Wildman–Crippen LogP) is 5.68. The number of rotatable bonds is 7. The lowest BCUT2D eigenvalue weighted by Crippen LogP contribution is -2.34. The standard InChI is InChI=1S/C26H31N5O2S/c1-2-3-9-18-17-31(19-10-5-4-6-11-19)24-16-23(30-12-7-8-13-30)20(14-25(24)34-29-18)21-15-22(26(32)33)28-27-21/h4-6,10-11,14-16,18,29H,2-3,7-9,12-13,17H2,1H3,(H,27,28)(H,32,33). The number of para-hydroxylation sites is 1. The molecule has 1 fully saturated rings. The normalized spacial score (nSPS) is 18.1. The summed E-state index contributed by atoms with van der Waals surface area (Å²) in [5.74, 6) is -0.999. The number of anilines is 3. The minimum Gasteiger partial charge on any atom is -0.477 e. The first kappa shape index (κ1) is 22.8. The van der Waals surface area contributed by atoms with E-state index in [9.17, 15) is 9.90 Å². The van der Waals surface area contributed by atoms with Crippen LogP contribution >= 0.6 is 11.9 Å². The second kappa shape index (κ2) is 10.1. The van der Waals surface area contributed by atoms with Crippen molar-refractivity contribution in [3.8, 4) is 11.3 Å². The van der Waals surface area contributed by atoms with E-state index in [1.54, 1.807) is 18.0 Å². The lowest BCUT2D eigenvalue weighted by atomic mass is 10.0. The maximum atomic E-state index is 11.5. The molecule has 8 heteroatoms. The Morgan fingerprint density at radius 1 is 1.15 bits per heavy atom. The van der Waals surface area contributed by atoms with E-state index in [2.05, 4.69) is 74.1 Å². The zero-order valence-electron chi connectivity index (χ0n) is 19.5. The lowest BCUT2D eigenvalue weighted by Gasteiger charge is -2.29. The van der Waals surface area contributed by atoms with Crippen molar-refractivity contribution in [3.63, 3.8) is 0 Å². The number of aromatic carboxylic acids is 1. The van der Waals surface area contributed by atoms with Gasteiger partial charge in [0, 0.05) is 47.5 Å². The van der Waals surface area contributed by atoms with Crippen LogP contribution in [0.2, 0.25) is 0 Å². The molecular weight excluding hydrogens is 446 g/mol. The average molecular weight is 478 g/mol. The van der Waals surface area contributed by atoms with Crippen molar-refractivity contribution in [1.82, 2.24) is 14.9 Å². The van der Waals surface area contributed by atoms with Crippen LogP contribution in [0.3, 0.4) is 0 Å². The Morgan fingerprint density at radius 2 is 1.94 bits per heavy atom. The zero-order chi connectivity index (χ0) is 23.5. The highest BCUT2D eigenvalue weighted by Crippen LogP contribution is 2.44. The fourth-order valence-corrected chi connectivity index (χ4v) is 5.74. The van der Waals surface area contributed by atoms with Gasteiger partial charge >= 0.3 is 5.97 Å². The number of fused-ring (bicyclic) bond motifs is 1. The first-order valence-corrected chi connectivity index (χ1v) is 12.9. The van der Waals surface area contributed by atoms with Crippen LogP contribution in [0.25, 0.3) is 11.3 Å². The van der Waals surface area contributed by atoms with Crippen molar-refractivity contribution >= 4 is 35.0 Å². The molecule has 0 amide bonds. The molecule has 34 heavy (non-hydrogen) atoms. The second-order valence-corrected chi connectivity index (χ2v) is 9.89. The van der Waals surface area contributed by atoms with E-state index in [-0.39, 0.29) is 5.69 Å². The molecule has 3 heterocycles. The summed E-state index contributed by atoms with van der Waals surface area (Å²) >= 11 is 1.68. The van der Waals surface area contributed by atoms with Crippen LogP contribution in [0.5, 0.6) is 0 Å². The Balaban J connectivity index is 1.63. The Morgan fingerprint density at radius 3 is 2.65 bits per heavy atom. The lowest BCUT2D eigenvalue weighted by molar-refractivity contribution is 0.0690. The van der Waals surface area contributed by atoms with Crippen molar-refractivity contribution in [2.45, 2.75) is 50.0 Å². The molecule has 1 saturated heterocycles. The number of aromatic nitrogens is 2. The number of H-pyrrole nitrogens is 1. The Bertz CT molecular complexity index is 1140. The number of carboxylic acid groups (broad SMARTS) is 1. The van der Waals surface area contributed by atoms with Crippen molar-refractivity contribution in [3.05, 3.63) is 54.2 Å². The van der Waals surface area contributed by atoms with Crippen LogP contribution in [-0.4, -0.2) is 46.9 Å². The van der Waals surface area contributed by atoms with Crippen molar-refractivity contribution in [1.29, 1.82) is 0 Å². The molecule has 3 N–H and O–H groups in total. The maximum Gasteiger partial charge on any atom is 0.353 e. The molecule has 0 spiro atoms. The molecule has 178 valence electrons. The molecule has 1 aromatic heterocycles. The second-order valence-electron chi connectivity index (χ2n) is 9.01. The van der Waals surface area contributed by atoms with Gasteiger partial charge in [-0.3, -0.25) is 9.82 Å². The highest BCUT2D eigenvalue weighted by Gasteiger charge is 2.28. The largest absolute Gasteiger partial charge is 0.477 e. The monoisotopic (exact) mass is 477 g/mol. The topological polar surface area (TPSA) is 84.5 Å². The molecular formula is C26H31N5O2S. The summed E-state index contributed by atoms with van der Waals surface area (Å²) in [5.41, 5.74) is 5.23. The quantitative estimate of drug-likeness (QED) is 0.377. The molecule has 3 aromatic rings. The van der Waals surface area contributed by atoms with Crippen LogP contribution < -0.4 is 14.5 Å². The summed E-state index contributed by atoms with van der Waals surface area (Å²) in [5, 5.41) is 16.5. The number of aromatic amines is 1. The summed E-state index contributed by atoms with van der Waals surface area (Å²) in [4.78, 5) is 17.4. The van der Waals surface area contributed by atoms with Crippen molar-refractivity contribution in [2.24, 2.45) is 0 Å². The Kier molecular flexibility index (Phi) is 6.78. The van der Waals surface area contributed by atoms with Gasteiger partial charge in [-0.2, -0.15) is 5.10 Å². The first-order valence-electron chi connectivity index (χ1n) is 12.1. The molecule has 5 rings (SSSR count). The van der Waals surface area contributed by atoms with E-state index in [1.165, 1.54) is 24.2 Å². The predicted molar refractivity (Wildman–Crippen MR) is 138 cm³/mol. The van der Waals surface area contributed by atoms with Crippen LogP contribution in [0, 0.1) is 0 Å². The fourth-order valence-electron chi connectivity index (χ4n) is 4.80.